The molecule has 0 saturated heterocycles. The molecule has 230 valence electrons. The Bertz CT molecular complexity index is 1740. The van der Waals surface area contributed by atoms with Crippen molar-refractivity contribution in [3.8, 4) is 11.5 Å². The van der Waals surface area contributed by atoms with Crippen LogP contribution in [-0.2, 0) is 9.59 Å². The second-order valence-electron chi connectivity index (χ2n) is 9.64. The summed E-state index contributed by atoms with van der Waals surface area (Å²) in [6, 6.07) is 25.0. The predicted octanol–water partition coefficient (Wildman–Crippen LogP) is 5.85. The van der Waals surface area contributed by atoms with E-state index in [1.807, 2.05) is 0 Å². The zero-order chi connectivity index (χ0) is 32.3. The summed E-state index contributed by atoms with van der Waals surface area (Å²) in [5.74, 6) is -1.29. The van der Waals surface area contributed by atoms with Gasteiger partial charge in [0, 0.05) is 27.4 Å². The first-order valence-electron chi connectivity index (χ1n) is 13.6. The zero-order valence-corrected chi connectivity index (χ0v) is 25.6. The number of carbonyl (C=O) groups is 4. The van der Waals surface area contributed by atoms with Gasteiger partial charge in [0.25, 0.3) is 11.8 Å². The van der Waals surface area contributed by atoms with Gasteiger partial charge in [-0.1, -0.05) is 24.3 Å². The molecule has 0 aliphatic carbocycles. The van der Waals surface area contributed by atoms with Crippen LogP contribution in [0.25, 0.3) is 6.08 Å². The van der Waals surface area contributed by atoms with Crippen molar-refractivity contribution in [1.82, 2.24) is 5.32 Å². The van der Waals surface area contributed by atoms with E-state index in [1.165, 1.54) is 44.2 Å². The van der Waals surface area contributed by atoms with Crippen LogP contribution in [0.5, 0.6) is 11.5 Å². The average molecular weight is 626 g/mol. The number of ether oxygens (including phenoxy) is 2. The van der Waals surface area contributed by atoms with E-state index in [0.717, 1.165) is 10.5 Å². The number of carboxylic acids is 1. The van der Waals surface area contributed by atoms with Crippen molar-refractivity contribution in [2.75, 3.05) is 30.6 Å². The van der Waals surface area contributed by atoms with Crippen LogP contribution in [0.15, 0.2) is 102 Å². The first-order chi connectivity index (χ1) is 21.7. The normalized spacial score (nSPS) is 10.9. The summed E-state index contributed by atoms with van der Waals surface area (Å²) in [4.78, 5) is 51.0. The minimum Gasteiger partial charge on any atom is -0.497 e. The van der Waals surface area contributed by atoms with Crippen molar-refractivity contribution >= 4 is 52.9 Å². The number of aryl methyl sites for hydroxylation is 1. The number of hydrogen-bond acceptors (Lipinski definition) is 7. The Morgan fingerprint density at radius 1 is 0.822 bits per heavy atom. The van der Waals surface area contributed by atoms with E-state index >= 15 is 0 Å². The lowest BCUT2D eigenvalue weighted by molar-refractivity contribution is -0.114. The number of rotatable bonds is 12. The number of carbonyl (C=O) groups excluding carboxylic acids is 3. The molecule has 0 spiro atoms. The molecule has 0 heterocycles. The quantitative estimate of drug-likeness (QED) is 0.113. The highest BCUT2D eigenvalue weighted by atomic mass is 32.2. The maximum atomic E-state index is 13.4. The highest BCUT2D eigenvalue weighted by Crippen LogP contribution is 2.27. The molecule has 0 unspecified atom stereocenters. The van der Waals surface area contributed by atoms with E-state index in [0.29, 0.717) is 34.0 Å². The number of carboxylic acid groups (broad SMARTS) is 1. The Morgan fingerprint density at radius 3 is 2.22 bits per heavy atom. The van der Waals surface area contributed by atoms with Gasteiger partial charge in [-0.05, 0) is 85.3 Å². The summed E-state index contributed by atoms with van der Waals surface area (Å²) in [5.41, 5.74) is 2.61. The van der Waals surface area contributed by atoms with Crippen molar-refractivity contribution in [3.05, 3.63) is 119 Å². The number of nitrogens with one attached hydrogen (secondary N) is 3. The lowest BCUT2D eigenvalue weighted by Gasteiger charge is -2.13. The van der Waals surface area contributed by atoms with Gasteiger partial charge >= 0.3 is 5.97 Å². The molecule has 4 rings (SSSR count). The van der Waals surface area contributed by atoms with Crippen LogP contribution in [0.4, 0.5) is 11.4 Å². The van der Waals surface area contributed by atoms with Gasteiger partial charge < -0.3 is 30.5 Å². The lowest BCUT2D eigenvalue weighted by atomic mass is 10.1. The fourth-order valence-electron chi connectivity index (χ4n) is 4.11. The van der Waals surface area contributed by atoms with Crippen LogP contribution in [0.3, 0.4) is 0 Å². The van der Waals surface area contributed by atoms with Crippen molar-refractivity contribution in [3.63, 3.8) is 0 Å². The third-order valence-corrected chi connectivity index (χ3v) is 7.52. The Labute approximate surface area is 264 Å². The summed E-state index contributed by atoms with van der Waals surface area (Å²) in [6.07, 6.45) is 1.51. The Balaban J connectivity index is 1.46. The molecule has 0 radical (unpaired) electrons. The number of thioether (sulfide) groups is 1. The van der Waals surface area contributed by atoms with Crippen LogP contribution in [0.1, 0.15) is 31.8 Å². The maximum absolute atomic E-state index is 13.4. The van der Waals surface area contributed by atoms with Crippen molar-refractivity contribution < 1.29 is 33.8 Å². The molecule has 10 nitrogen and oxygen atoms in total. The molecule has 0 fully saturated rings. The first-order valence-corrected chi connectivity index (χ1v) is 14.6. The van der Waals surface area contributed by atoms with Crippen molar-refractivity contribution in [2.24, 2.45) is 0 Å². The van der Waals surface area contributed by atoms with Gasteiger partial charge in [-0.2, -0.15) is 0 Å². The Kier molecular flexibility index (Phi) is 11.0. The molecule has 0 saturated carbocycles. The molecule has 0 aliphatic heterocycles. The zero-order valence-electron chi connectivity index (χ0n) is 24.7. The molecule has 0 bridgehead atoms. The number of aromatic carboxylic acids is 1. The summed E-state index contributed by atoms with van der Waals surface area (Å²) in [7, 11) is 3.03. The third-order valence-electron chi connectivity index (χ3n) is 6.51. The molecular weight excluding hydrogens is 594 g/mol. The Morgan fingerprint density at radius 2 is 1.56 bits per heavy atom. The van der Waals surface area contributed by atoms with Crippen LogP contribution in [0, 0.1) is 6.92 Å². The van der Waals surface area contributed by atoms with Gasteiger partial charge in [0.05, 0.1) is 25.5 Å². The molecule has 4 aromatic rings. The number of anilines is 2. The first kappa shape index (κ1) is 32.4. The van der Waals surface area contributed by atoms with Gasteiger partial charge in [0.2, 0.25) is 5.91 Å². The molecule has 45 heavy (non-hydrogen) atoms. The largest absolute Gasteiger partial charge is 0.497 e. The van der Waals surface area contributed by atoms with E-state index in [9.17, 15) is 24.3 Å². The van der Waals surface area contributed by atoms with Gasteiger partial charge in [-0.3, -0.25) is 14.4 Å². The summed E-state index contributed by atoms with van der Waals surface area (Å²) in [5, 5.41) is 17.5. The molecular formula is C34H31N3O7S. The van der Waals surface area contributed by atoms with E-state index in [-0.39, 0.29) is 22.9 Å². The Hall–Kier alpha value is -5.55. The number of benzene rings is 4. The fourth-order valence-corrected chi connectivity index (χ4v) is 4.81. The molecule has 0 aromatic heterocycles. The van der Waals surface area contributed by atoms with Gasteiger partial charge in [0.1, 0.15) is 17.2 Å². The standard InChI is InChI=1S/C34H31N3O7S/c1-21-9-10-23(34(41)42)18-28(21)36-31(38)20-45-27-14-11-25(12-15-27)35-33(40)29(37-32(39)22-7-5-4-6-8-22)19-24-17-26(43-2)13-16-30(24)44-3/h4-19H,20H2,1-3H3,(H,35,40)(H,36,38)(H,37,39)(H,41,42)/b29-19-. The molecule has 0 aliphatic rings. The fraction of sp³-hybridized carbons (Fsp3) is 0.118. The van der Waals surface area contributed by atoms with Crippen LogP contribution >= 0.6 is 11.8 Å². The number of methoxy groups -OCH3 is 2. The molecule has 11 heteroatoms. The van der Waals surface area contributed by atoms with Crippen LogP contribution < -0.4 is 25.4 Å². The van der Waals surface area contributed by atoms with Crippen molar-refractivity contribution in [1.29, 1.82) is 0 Å². The molecule has 3 amide bonds. The highest BCUT2D eigenvalue weighted by Gasteiger charge is 2.17. The lowest BCUT2D eigenvalue weighted by Crippen LogP contribution is -2.30. The third kappa shape index (κ3) is 8.97. The van der Waals surface area contributed by atoms with Gasteiger partial charge in [-0.25, -0.2) is 4.79 Å². The SMILES string of the molecule is COc1ccc(OC)c(/C=C(\NC(=O)c2ccccc2)C(=O)Nc2ccc(SCC(=O)Nc3cc(C(=O)O)ccc3C)cc2)c1. The monoisotopic (exact) mass is 625 g/mol. The second kappa shape index (κ2) is 15.3. The smallest absolute Gasteiger partial charge is 0.335 e. The highest BCUT2D eigenvalue weighted by molar-refractivity contribution is 8.00. The van der Waals surface area contributed by atoms with E-state index in [4.69, 9.17) is 9.47 Å². The van der Waals surface area contributed by atoms with Crippen LogP contribution in [0.2, 0.25) is 0 Å². The maximum Gasteiger partial charge on any atom is 0.335 e. The molecule has 4 aromatic carbocycles. The summed E-state index contributed by atoms with van der Waals surface area (Å²) in [6.45, 7) is 1.78. The number of amides is 3. The average Bonchev–Trinajstić information content (AvgIpc) is 3.05. The summed E-state index contributed by atoms with van der Waals surface area (Å²) < 4.78 is 10.8. The van der Waals surface area contributed by atoms with E-state index in [1.54, 1.807) is 85.8 Å². The topological polar surface area (TPSA) is 143 Å². The predicted molar refractivity (Wildman–Crippen MR) is 174 cm³/mol. The second-order valence-corrected chi connectivity index (χ2v) is 10.7. The minimum absolute atomic E-state index is 0.0206. The minimum atomic E-state index is -1.08. The van der Waals surface area contributed by atoms with Crippen molar-refractivity contribution in [2.45, 2.75) is 11.8 Å². The molecule has 4 N–H and O–H groups in total. The number of hydrogen-bond donors (Lipinski definition) is 4. The van der Waals surface area contributed by atoms with Gasteiger partial charge in [-0.15, -0.1) is 11.8 Å². The van der Waals surface area contributed by atoms with E-state index in [2.05, 4.69) is 16.0 Å². The van der Waals surface area contributed by atoms with Gasteiger partial charge in [0.15, 0.2) is 0 Å². The van der Waals surface area contributed by atoms with E-state index < -0.39 is 17.8 Å². The van der Waals surface area contributed by atoms with Crippen LogP contribution in [-0.4, -0.2) is 48.8 Å². The summed E-state index contributed by atoms with van der Waals surface area (Å²) >= 11 is 1.28. The molecule has 0 atom stereocenters.